The van der Waals surface area contributed by atoms with Crippen LogP contribution in [0.15, 0.2) is 29.6 Å². The van der Waals surface area contributed by atoms with Crippen molar-refractivity contribution in [3.63, 3.8) is 0 Å². The van der Waals surface area contributed by atoms with Gasteiger partial charge in [0.25, 0.3) is 0 Å². The highest BCUT2D eigenvalue weighted by atomic mass is 32.1. The van der Waals surface area contributed by atoms with Crippen LogP contribution in [0, 0.1) is 0 Å². The summed E-state index contributed by atoms with van der Waals surface area (Å²) in [6.45, 7) is 0. The number of rotatable bonds is 6. The van der Waals surface area contributed by atoms with Crippen LogP contribution in [0.5, 0.6) is 5.75 Å². The molecule has 1 aromatic carbocycles. The molecule has 0 spiro atoms. The summed E-state index contributed by atoms with van der Waals surface area (Å²) in [5.41, 5.74) is 1.90. The van der Waals surface area contributed by atoms with Gasteiger partial charge in [-0.05, 0) is 12.1 Å². The number of esters is 1. The summed E-state index contributed by atoms with van der Waals surface area (Å²) in [6.07, 6.45) is 0.942. The zero-order chi connectivity index (χ0) is 15.2. The van der Waals surface area contributed by atoms with Crippen LogP contribution in [0.25, 0.3) is 0 Å². The van der Waals surface area contributed by atoms with Gasteiger partial charge in [0.1, 0.15) is 5.75 Å². The monoisotopic (exact) mass is 306 g/mol. The van der Waals surface area contributed by atoms with E-state index in [1.165, 1.54) is 7.11 Å². The molecule has 0 N–H and O–H groups in total. The molecule has 0 aliphatic carbocycles. The number of aryl methyl sites for hydroxylation is 1. The Bertz CT molecular complexity index is 612. The average molecular weight is 306 g/mol. The average Bonchev–Trinajstić information content (AvgIpc) is 3.00. The Kier molecular flexibility index (Phi) is 5.16. The van der Waals surface area contributed by atoms with Gasteiger partial charge in [-0.15, -0.1) is 11.3 Å². The van der Waals surface area contributed by atoms with E-state index in [2.05, 4.69) is 9.72 Å². The van der Waals surface area contributed by atoms with Gasteiger partial charge in [-0.2, -0.15) is 0 Å². The minimum atomic E-state index is -0.217. The van der Waals surface area contributed by atoms with Gasteiger partial charge < -0.3 is 14.4 Å². The van der Waals surface area contributed by atoms with E-state index in [0.717, 1.165) is 22.3 Å². The van der Waals surface area contributed by atoms with Crippen LogP contribution < -0.4 is 9.64 Å². The fourth-order valence-electron chi connectivity index (χ4n) is 1.83. The molecule has 0 fully saturated rings. The number of ether oxygens (including phenoxy) is 2. The van der Waals surface area contributed by atoms with E-state index in [1.807, 2.05) is 41.6 Å². The Morgan fingerprint density at radius 1 is 1.38 bits per heavy atom. The molecule has 0 radical (unpaired) electrons. The molecule has 21 heavy (non-hydrogen) atoms. The van der Waals surface area contributed by atoms with E-state index in [4.69, 9.17) is 4.74 Å². The van der Waals surface area contributed by atoms with Gasteiger partial charge in [-0.25, -0.2) is 4.98 Å². The largest absolute Gasteiger partial charge is 0.497 e. The van der Waals surface area contributed by atoms with Crippen molar-refractivity contribution in [2.24, 2.45) is 0 Å². The van der Waals surface area contributed by atoms with Crippen LogP contribution in [-0.2, 0) is 16.0 Å². The number of carbonyl (C=O) groups excluding carboxylic acids is 1. The maximum atomic E-state index is 11.1. The molecular formula is C15H18N2O3S. The Labute approximate surface area is 128 Å². The molecule has 2 rings (SSSR count). The number of carbonyl (C=O) groups is 1. The summed E-state index contributed by atoms with van der Waals surface area (Å²) in [6, 6.07) is 7.80. The third-order valence-corrected chi connectivity index (χ3v) is 4.05. The number of nitrogens with zero attached hydrogens (tertiary/aromatic N) is 2. The van der Waals surface area contributed by atoms with Crippen LogP contribution in [0.1, 0.15) is 12.1 Å². The first-order valence-electron chi connectivity index (χ1n) is 6.53. The molecule has 0 aliphatic heterocycles. The summed E-state index contributed by atoms with van der Waals surface area (Å²) in [5, 5.41) is 2.85. The number of hydrogen-bond acceptors (Lipinski definition) is 6. The molecule has 2 aromatic rings. The van der Waals surface area contributed by atoms with Gasteiger partial charge >= 0.3 is 5.97 Å². The van der Waals surface area contributed by atoms with E-state index in [9.17, 15) is 4.79 Å². The highest BCUT2D eigenvalue weighted by Crippen LogP contribution is 2.29. The van der Waals surface area contributed by atoms with E-state index in [-0.39, 0.29) is 5.97 Å². The topological polar surface area (TPSA) is 51.7 Å². The molecule has 0 amide bonds. The third-order valence-electron chi connectivity index (χ3n) is 3.08. The number of thiazole rings is 1. The summed E-state index contributed by atoms with van der Waals surface area (Å²) in [4.78, 5) is 17.7. The summed E-state index contributed by atoms with van der Waals surface area (Å²) >= 11 is 1.55. The van der Waals surface area contributed by atoms with E-state index < -0.39 is 0 Å². The lowest BCUT2D eigenvalue weighted by Gasteiger charge is -2.16. The first-order valence-corrected chi connectivity index (χ1v) is 7.41. The quantitative estimate of drug-likeness (QED) is 0.768. The van der Waals surface area contributed by atoms with Crippen molar-refractivity contribution in [3.8, 4) is 5.75 Å². The first kappa shape index (κ1) is 15.3. The normalized spacial score (nSPS) is 10.2. The van der Waals surface area contributed by atoms with Crippen molar-refractivity contribution in [1.82, 2.24) is 4.98 Å². The van der Waals surface area contributed by atoms with Crippen LogP contribution in [0.3, 0.4) is 0 Å². The second kappa shape index (κ2) is 7.08. The Hall–Kier alpha value is -2.08. The van der Waals surface area contributed by atoms with Gasteiger partial charge in [-0.1, -0.05) is 6.07 Å². The molecule has 5 nitrogen and oxygen atoms in total. The fourth-order valence-corrected chi connectivity index (χ4v) is 2.67. The molecule has 0 atom stereocenters. The Morgan fingerprint density at radius 2 is 2.19 bits per heavy atom. The van der Waals surface area contributed by atoms with Crippen LogP contribution in [0.2, 0.25) is 0 Å². The number of benzene rings is 1. The van der Waals surface area contributed by atoms with Crippen LogP contribution in [-0.4, -0.2) is 32.2 Å². The molecule has 0 bridgehead atoms. The van der Waals surface area contributed by atoms with E-state index >= 15 is 0 Å². The van der Waals surface area contributed by atoms with Gasteiger partial charge in [0.15, 0.2) is 5.13 Å². The maximum Gasteiger partial charge on any atom is 0.305 e. The highest BCUT2D eigenvalue weighted by molar-refractivity contribution is 7.13. The second-order valence-corrected chi connectivity index (χ2v) is 5.29. The number of anilines is 2. The lowest BCUT2D eigenvalue weighted by molar-refractivity contribution is -0.140. The lowest BCUT2D eigenvalue weighted by atomic mass is 10.2. The highest BCUT2D eigenvalue weighted by Gasteiger charge is 2.11. The van der Waals surface area contributed by atoms with Gasteiger partial charge in [-0.3, -0.25) is 4.79 Å². The van der Waals surface area contributed by atoms with Gasteiger partial charge in [0.05, 0.1) is 26.3 Å². The van der Waals surface area contributed by atoms with Gasteiger partial charge in [0.2, 0.25) is 0 Å². The molecular weight excluding hydrogens is 288 g/mol. The molecule has 112 valence electrons. The fraction of sp³-hybridized carbons (Fsp3) is 0.333. The van der Waals surface area contributed by atoms with E-state index in [0.29, 0.717) is 12.8 Å². The minimum absolute atomic E-state index is 0.217. The van der Waals surface area contributed by atoms with Crippen LogP contribution >= 0.6 is 11.3 Å². The van der Waals surface area contributed by atoms with Crippen LogP contribution in [0.4, 0.5) is 10.8 Å². The Balaban J connectivity index is 2.07. The SMILES string of the molecule is COC(=O)CCc1csc(N(C)c2cccc(OC)c2)n1. The molecule has 0 saturated heterocycles. The lowest BCUT2D eigenvalue weighted by Crippen LogP contribution is -2.09. The Morgan fingerprint density at radius 3 is 2.90 bits per heavy atom. The van der Waals surface area contributed by atoms with Crippen molar-refractivity contribution < 1.29 is 14.3 Å². The first-order chi connectivity index (χ1) is 10.1. The summed E-state index contributed by atoms with van der Waals surface area (Å²) < 4.78 is 9.86. The molecule has 1 aromatic heterocycles. The maximum absolute atomic E-state index is 11.1. The van der Waals surface area contributed by atoms with Crippen molar-refractivity contribution in [2.45, 2.75) is 12.8 Å². The number of hydrogen-bond donors (Lipinski definition) is 0. The molecule has 6 heteroatoms. The standard InChI is InChI=1S/C15H18N2O3S/c1-17(12-5-4-6-13(9-12)19-2)15-16-11(10-21-15)7-8-14(18)20-3/h4-6,9-10H,7-8H2,1-3H3. The molecule has 1 heterocycles. The predicted molar refractivity (Wildman–Crippen MR) is 83.5 cm³/mol. The summed E-state index contributed by atoms with van der Waals surface area (Å²) in [7, 11) is 5.00. The molecule has 0 unspecified atom stereocenters. The van der Waals surface area contributed by atoms with E-state index in [1.54, 1.807) is 18.4 Å². The number of methoxy groups -OCH3 is 2. The predicted octanol–water partition coefficient (Wildman–Crippen LogP) is 3.03. The molecule has 0 aliphatic rings. The summed E-state index contributed by atoms with van der Waals surface area (Å²) in [5.74, 6) is 0.590. The smallest absolute Gasteiger partial charge is 0.305 e. The number of aromatic nitrogens is 1. The molecule has 0 saturated carbocycles. The zero-order valence-electron chi connectivity index (χ0n) is 12.3. The van der Waals surface area contributed by atoms with Crippen molar-refractivity contribution in [3.05, 3.63) is 35.3 Å². The third kappa shape index (κ3) is 3.95. The minimum Gasteiger partial charge on any atom is -0.497 e. The van der Waals surface area contributed by atoms with Crippen molar-refractivity contribution in [2.75, 3.05) is 26.2 Å². The zero-order valence-corrected chi connectivity index (χ0v) is 13.1. The van der Waals surface area contributed by atoms with Gasteiger partial charge in [0, 0.05) is 30.6 Å². The van der Waals surface area contributed by atoms with Crippen molar-refractivity contribution in [1.29, 1.82) is 0 Å². The van der Waals surface area contributed by atoms with Crippen molar-refractivity contribution >= 4 is 28.1 Å². The second-order valence-electron chi connectivity index (χ2n) is 4.46.